The molecule has 2 saturated heterocycles. The van der Waals surface area contributed by atoms with Crippen molar-refractivity contribution in [2.75, 3.05) is 31.1 Å². The summed E-state index contributed by atoms with van der Waals surface area (Å²) in [4.78, 5) is 14.7. The second-order valence-electron chi connectivity index (χ2n) is 7.26. The fraction of sp³-hybridized carbons (Fsp3) is 0.632. The highest BCUT2D eigenvalue weighted by atomic mass is 79.9. The normalized spacial score (nSPS) is 23.5. The molecule has 2 fully saturated rings. The number of carbonyl (C=O) groups excluding carboxylic acids is 1. The number of anilines is 1. The summed E-state index contributed by atoms with van der Waals surface area (Å²) in [5, 5.41) is 6.70. The molecular weight excluding hydrogens is 437 g/mol. The minimum Gasteiger partial charge on any atom is -0.369 e. The predicted octanol–water partition coefficient (Wildman–Crippen LogP) is 4.01. The van der Waals surface area contributed by atoms with E-state index in [0.717, 1.165) is 37.1 Å². The van der Waals surface area contributed by atoms with Crippen LogP contribution in [0.15, 0.2) is 28.7 Å². The van der Waals surface area contributed by atoms with Crippen molar-refractivity contribution >= 4 is 52.3 Å². The Morgan fingerprint density at radius 3 is 2.69 bits per heavy atom. The minimum absolute atomic E-state index is 0. The lowest BCUT2D eigenvalue weighted by atomic mass is 9.85. The number of piperidine rings is 1. The monoisotopic (exact) mass is 465 g/mol. The van der Waals surface area contributed by atoms with Gasteiger partial charge in [0.2, 0.25) is 5.91 Å². The van der Waals surface area contributed by atoms with Crippen LogP contribution in [-0.4, -0.2) is 38.1 Å². The van der Waals surface area contributed by atoms with E-state index in [1.54, 1.807) is 0 Å². The van der Waals surface area contributed by atoms with Crippen molar-refractivity contribution in [1.29, 1.82) is 0 Å². The summed E-state index contributed by atoms with van der Waals surface area (Å²) in [7, 11) is 0. The van der Waals surface area contributed by atoms with E-state index in [1.165, 1.54) is 18.5 Å². The lowest BCUT2D eigenvalue weighted by molar-refractivity contribution is -0.122. The summed E-state index contributed by atoms with van der Waals surface area (Å²) in [6, 6.07) is 8.68. The fourth-order valence-corrected chi connectivity index (χ4v) is 4.14. The van der Waals surface area contributed by atoms with Gasteiger partial charge in [0.05, 0.1) is 0 Å². The lowest BCUT2D eigenvalue weighted by Gasteiger charge is -2.28. The molecule has 2 aliphatic heterocycles. The molecule has 26 heavy (non-hydrogen) atoms. The van der Waals surface area contributed by atoms with E-state index in [1.807, 2.05) is 0 Å². The highest BCUT2D eigenvalue weighted by Gasteiger charge is 2.26. The van der Waals surface area contributed by atoms with Crippen LogP contribution in [-0.2, 0) is 4.79 Å². The van der Waals surface area contributed by atoms with Crippen molar-refractivity contribution in [2.45, 2.75) is 38.6 Å². The molecule has 2 aliphatic rings. The van der Waals surface area contributed by atoms with Gasteiger partial charge in [0.15, 0.2) is 0 Å². The van der Waals surface area contributed by atoms with Gasteiger partial charge in [-0.2, -0.15) is 0 Å². The van der Waals surface area contributed by atoms with Crippen molar-refractivity contribution in [3.05, 3.63) is 28.7 Å². The molecule has 0 saturated carbocycles. The summed E-state index contributed by atoms with van der Waals surface area (Å²) in [5.41, 5.74) is 1.23. The topological polar surface area (TPSA) is 44.4 Å². The maximum absolute atomic E-state index is 12.4. The number of amides is 1. The van der Waals surface area contributed by atoms with E-state index in [-0.39, 0.29) is 36.8 Å². The number of benzene rings is 1. The molecule has 2 N–H and O–H groups in total. The molecule has 0 radical (unpaired) electrons. The Kier molecular flexibility index (Phi) is 10.3. The van der Waals surface area contributed by atoms with Gasteiger partial charge in [-0.3, -0.25) is 4.79 Å². The van der Waals surface area contributed by atoms with Gasteiger partial charge in [-0.25, -0.2) is 0 Å². The number of halogens is 3. The van der Waals surface area contributed by atoms with Crippen LogP contribution >= 0.6 is 40.7 Å². The van der Waals surface area contributed by atoms with E-state index in [2.05, 4.69) is 62.7 Å². The second-order valence-corrected chi connectivity index (χ2v) is 8.18. The number of hydrogen-bond donors (Lipinski definition) is 2. The number of nitrogens with one attached hydrogen (secondary N) is 2. The van der Waals surface area contributed by atoms with Gasteiger partial charge in [0.25, 0.3) is 0 Å². The third kappa shape index (κ3) is 6.59. The average Bonchev–Trinajstić information content (AvgIpc) is 3.04. The third-order valence-corrected chi connectivity index (χ3v) is 5.92. The molecule has 3 rings (SSSR count). The maximum Gasteiger partial charge on any atom is 0.220 e. The number of nitrogens with zero attached hydrogens (tertiary/aromatic N) is 1. The van der Waals surface area contributed by atoms with E-state index in [0.29, 0.717) is 18.3 Å². The Morgan fingerprint density at radius 1 is 1.31 bits per heavy atom. The Hall–Kier alpha value is -0.490. The molecule has 3 unspecified atom stereocenters. The zero-order valence-corrected chi connectivity index (χ0v) is 18.5. The molecule has 7 heteroatoms. The molecule has 2 heterocycles. The van der Waals surface area contributed by atoms with Crippen molar-refractivity contribution < 1.29 is 4.79 Å². The molecule has 1 aromatic carbocycles. The Morgan fingerprint density at radius 2 is 2.04 bits per heavy atom. The van der Waals surface area contributed by atoms with Crippen LogP contribution in [0.3, 0.4) is 0 Å². The van der Waals surface area contributed by atoms with E-state index in [4.69, 9.17) is 0 Å². The SMILES string of the molecule is CC(CC(=O)NC1CCN(c2ccc(Br)cc2)C1)C1CCCNC1.Cl.Cl. The zero-order valence-electron chi connectivity index (χ0n) is 15.2. The minimum atomic E-state index is 0. The highest BCUT2D eigenvalue weighted by Crippen LogP contribution is 2.24. The van der Waals surface area contributed by atoms with Gasteiger partial charge in [-0.05, 0) is 68.5 Å². The number of hydrogen-bond acceptors (Lipinski definition) is 3. The molecule has 1 amide bonds. The van der Waals surface area contributed by atoms with Crippen LogP contribution in [0.5, 0.6) is 0 Å². The Balaban J connectivity index is 0.00000169. The first-order valence-electron chi connectivity index (χ1n) is 9.12. The van der Waals surface area contributed by atoms with Crippen LogP contribution < -0.4 is 15.5 Å². The van der Waals surface area contributed by atoms with Gasteiger partial charge in [0, 0.05) is 35.7 Å². The first kappa shape index (κ1) is 23.5. The summed E-state index contributed by atoms with van der Waals surface area (Å²) in [6.45, 7) is 6.33. The largest absolute Gasteiger partial charge is 0.369 e. The Labute approximate surface area is 177 Å². The van der Waals surface area contributed by atoms with Crippen LogP contribution in [0.4, 0.5) is 5.69 Å². The van der Waals surface area contributed by atoms with Gasteiger partial charge in [-0.15, -0.1) is 24.8 Å². The van der Waals surface area contributed by atoms with Crippen LogP contribution in [0, 0.1) is 11.8 Å². The molecule has 3 atom stereocenters. The van der Waals surface area contributed by atoms with Crippen molar-refractivity contribution in [1.82, 2.24) is 10.6 Å². The first-order chi connectivity index (χ1) is 11.6. The molecule has 0 aliphatic carbocycles. The quantitative estimate of drug-likeness (QED) is 0.688. The molecule has 1 aromatic rings. The summed E-state index contributed by atoms with van der Waals surface area (Å²) >= 11 is 3.47. The number of rotatable bonds is 5. The molecule has 0 aromatic heterocycles. The molecule has 148 valence electrons. The van der Waals surface area contributed by atoms with E-state index >= 15 is 0 Å². The van der Waals surface area contributed by atoms with Gasteiger partial charge >= 0.3 is 0 Å². The standard InChI is InChI=1S/C19H28BrN3O.2ClH/c1-14(15-3-2-9-21-12-15)11-19(24)22-17-8-10-23(13-17)18-6-4-16(20)5-7-18;;/h4-7,14-15,17,21H,2-3,8-13H2,1H3,(H,22,24);2*1H. The van der Waals surface area contributed by atoms with E-state index in [9.17, 15) is 4.79 Å². The van der Waals surface area contributed by atoms with Crippen molar-refractivity contribution in [2.24, 2.45) is 11.8 Å². The van der Waals surface area contributed by atoms with Crippen LogP contribution in [0.2, 0.25) is 0 Å². The fourth-order valence-electron chi connectivity index (χ4n) is 3.87. The predicted molar refractivity (Wildman–Crippen MR) is 117 cm³/mol. The van der Waals surface area contributed by atoms with Gasteiger partial charge < -0.3 is 15.5 Å². The second kappa shape index (κ2) is 11.4. The molecular formula is C19H30BrCl2N3O. The lowest BCUT2D eigenvalue weighted by Crippen LogP contribution is -2.40. The Bertz CT molecular complexity index is 552. The smallest absolute Gasteiger partial charge is 0.220 e. The summed E-state index contributed by atoms with van der Waals surface area (Å²) < 4.78 is 1.10. The van der Waals surface area contributed by atoms with Gasteiger partial charge in [0.1, 0.15) is 0 Å². The molecule has 4 nitrogen and oxygen atoms in total. The average molecular weight is 467 g/mol. The summed E-state index contributed by atoms with van der Waals surface area (Å²) in [5.74, 6) is 1.32. The molecule has 0 bridgehead atoms. The zero-order chi connectivity index (χ0) is 16.9. The third-order valence-electron chi connectivity index (χ3n) is 5.39. The first-order valence-corrected chi connectivity index (χ1v) is 9.91. The van der Waals surface area contributed by atoms with Crippen molar-refractivity contribution in [3.8, 4) is 0 Å². The van der Waals surface area contributed by atoms with Crippen LogP contribution in [0.25, 0.3) is 0 Å². The highest BCUT2D eigenvalue weighted by molar-refractivity contribution is 9.10. The van der Waals surface area contributed by atoms with Crippen molar-refractivity contribution in [3.63, 3.8) is 0 Å². The maximum atomic E-state index is 12.4. The summed E-state index contributed by atoms with van der Waals surface area (Å²) in [6.07, 6.45) is 4.17. The van der Waals surface area contributed by atoms with Crippen LogP contribution in [0.1, 0.15) is 32.6 Å². The molecule has 0 spiro atoms. The van der Waals surface area contributed by atoms with E-state index < -0.39 is 0 Å². The van der Waals surface area contributed by atoms with Gasteiger partial charge in [-0.1, -0.05) is 22.9 Å². The number of carbonyl (C=O) groups is 1.